The first-order valence-electron chi connectivity index (χ1n) is 8.28. The molecule has 1 aliphatic carbocycles. The van der Waals surface area contributed by atoms with Gasteiger partial charge in [0, 0.05) is 38.0 Å². The van der Waals surface area contributed by atoms with Crippen molar-refractivity contribution in [3.05, 3.63) is 35.4 Å². The Hall–Kier alpha value is -2.18. The van der Waals surface area contributed by atoms with Crippen molar-refractivity contribution in [3.63, 3.8) is 0 Å². The van der Waals surface area contributed by atoms with Crippen LogP contribution in [0.15, 0.2) is 18.2 Å². The molecule has 1 saturated carbocycles. The number of amides is 3. The minimum atomic E-state index is -0.498. The van der Waals surface area contributed by atoms with Crippen LogP contribution in [0.2, 0.25) is 0 Å². The van der Waals surface area contributed by atoms with Gasteiger partial charge in [-0.25, -0.2) is 13.6 Å². The Kier molecular flexibility index (Phi) is 4.97. The van der Waals surface area contributed by atoms with Crippen molar-refractivity contribution in [2.45, 2.75) is 31.7 Å². The van der Waals surface area contributed by atoms with Crippen molar-refractivity contribution >= 4 is 11.9 Å². The van der Waals surface area contributed by atoms with Crippen LogP contribution in [-0.2, 0) is 11.2 Å². The lowest BCUT2D eigenvalue weighted by atomic mass is 10.1. The molecule has 1 aliphatic heterocycles. The predicted molar refractivity (Wildman–Crippen MR) is 84.3 cm³/mol. The van der Waals surface area contributed by atoms with Gasteiger partial charge in [-0.3, -0.25) is 4.79 Å². The molecule has 7 heteroatoms. The van der Waals surface area contributed by atoms with Gasteiger partial charge in [0.1, 0.15) is 11.6 Å². The zero-order chi connectivity index (χ0) is 17.1. The van der Waals surface area contributed by atoms with Gasteiger partial charge in [0.05, 0.1) is 0 Å². The second-order valence-electron chi connectivity index (χ2n) is 6.47. The fraction of sp³-hybridized carbons (Fsp3) is 0.529. The van der Waals surface area contributed by atoms with Gasteiger partial charge in [-0.1, -0.05) is 0 Å². The second kappa shape index (κ2) is 7.15. The van der Waals surface area contributed by atoms with Crippen LogP contribution in [0.5, 0.6) is 0 Å². The standard InChI is InChI=1S/C17H21F2N3O2/c18-13-1-4-15(19)12(8-13)5-6-20-17(24)21-9-11-7-16(23)22(10-11)14-2-3-14/h1,4,8,11,14H,2-3,5-7,9-10H2,(H2,20,21,24). The van der Waals surface area contributed by atoms with Gasteiger partial charge in [-0.2, -0.15) is 0 Å². The molecule has 0 spiro atoms. The van der Waals surface area contributed by atoms with Crippen molar-refractivity contribution in [1.82, 2.24) is 15.5 Å². The molecule has 0 aromatic heterocycles. The van der Waals surface area contributed by atoms with Crippen LogP contribution in [0.1, 0.15) is 24.8 Å². The Morgan fingerprint density at radius 1 is 1.25 bits per heavy atom. The van der Waals surface area contributed by atoms with E-state index in [1.54, 1.807) is 0 Å². The average Bonchev–Trinajstić information content (AvgIpc) is 3.32. The van der Waals surface area contributed by atoms with E-state index in [0.29, 0.717) is 25.6 Å². The van der Waals surface area contributed by atoms with E-state index in [9.17, 15) is 18.4 Å². The van der Waals surface area contributed by atoms with Crippen molar-refractivity contribution in [2.75, 3.05) is 19.6 Å². The van der Waals surface area contributed by atoms with Gasteiger partial charge in [-0.15, -0.1) is 0 Å². The average molecular weight is 337 g/mol. The zero-order valence-corrected chi connectivity index (χ0v) is 13.4. The van der Waals surface area contributed by atoms with Crippen molar-refractivity contribution in [1.29, 1.82) is 0 Å². The fourth-order valence-electron chi connectivity index (χ4n) is 3.03. The number of likely N-dealkylation sites (tertiary alicyclic amines) is 1. The van der Waals surface area contributed by atoms with Crippen LogP contribution in [0.25, 0.3) is 0 Å². The Labute approximate surface area is 139 Å². The van der Waals surface area contributed by atoms with E-state index in [1.165, 1.54) is 0 Å². The third-order valence-electron chi connectivity index (χ3n) is 4.47. The number of halogens is 2. The summed E-state index contributed by atoms with van der Waals surface area (Å²) in [5.74, 6) is -0.666. The van der Waals surface area contributed by atoms with E-state index < -0.39 is 11.6 Å². The monoisotopic (exact) mass is 337 g/mol. The topological polar surface area (TPSA) is 61.4 Å². The van der Waals surface area contributed by atoms with Crippen molar-refractivity contribution in [2.24, 2.45) is 5.92 Å². The van der Waals surface area contributed by atoms with E-state index in [0.717, 1.165) is 31.0 Å². The lowest BCUT2D eigenvalue weighted by Gasteiger charge is -2.15. The summed E-state index contributed by atoms with van der Waals surface area (Å²) < 4.78 is 26.5. The zero-order valence-electron chi connectivity index (χ0n) is 13.4. The molecule has 1 aromatic rings. The smallest absolute Gasteiger partial charge is 0.314 e. The highest BCUT2D eigenvalue weighted by Gasteiger charge is 2.39. The lowest BCUT2D eigenvalue weighted by Crippen LogP contribution is -2.39. The molecule has 1 saturated heterocycles. The summed E-state index contributed by atoms with van der Waals surface area (Å²) in [7, 11) is 0. The third kappa shape index (κ3) is 4.21. The highest BCUT2D eigenvalue weighted by molar-refractivity contribution is 5.79. The first kappa shape index (κ1) is 16.7. The molecule has 0 radical (unpaired) electrons. The van der Waals surface area contributed by atoms with Crippen LogP contribution in [0, 0.1) is 17.6 Å². The highest BCUT2D eigenvalue weighted by Crippen LogP contribution is 2.32. The predicted octanol–water partition coefficient (Wildman–Crippen LogP) is 1.82. The van der Waals surface area contributed by atoms with Gasteiger partial charge in [0.2, 0.25) is 5.91 Å². The molecule has 2 fully saturated rings. The summed E-state index contributed by atoms with van der Waals surface area (Å²) in [6.07, 6.45) is 2.87. The first-order valence-corrected chi connectivity index (χ1v) is 8.28. The molecular weight excluding hydrogens is 316 g/mol. The van der Waals surface area contributed by atoms with Gasteiger partial charge < -0.3 is 15.5 Å². The lowest BCUT2D eigenvalue weighted by molar-refractivity contribution is -0.128. The molecule has 3 amide bonds. The quantitative estimate of drug-likeness (QED) is 0.832. The molecule has 1 aromatic carbocycles. The van der Waals surface area contributed by atoms with E-state index in [-0.39, 0.29) is 36.4 Å². The number of carbonyl (C=O) groups excluding carboxylic acids is 2. The molecule has 0 bridgehead atoms. The molecule has 24 heavy (non-hydrogen) atoms. The Balaban J connectivity index is 1.36. The molecule has 1 unspecified atom stereocenters. The molecule has 1 heterocycles. The van der Waals surface area contributed by atoms with Gasteiger partial charge in [-0.05, 0) is 43.0 Å². The number of nitrogens with one attached hydrogen (secondary N) is 2. The molecule has 3 rings (SSSR count). The Morgan fingerprint density at radius 2 is 2.04 bits per heavy atom. The molecule has 2 aliphatic rings. The normalized spacial score (nSPS) is 20.3. The van der Waals surface area contributed by atoms with E-state index in [2.05, 4.69) is 10.6 Å². The minimum absolute atomic E-state index is 0.143. The van der Waals surface area contributed by atoms with Gasteiger partial charge in [0.15, 0.2) is 0 Å². The molecular formula is C17H21F2N3O2. The summed E-state index contributed by atoms with van der Waals surface area (Å²) in [6.45, 7) is 1.36. The molecule has 5 nitrogen and oxygen atoms in total. The largest absolute Gasteiger partial charge is 0.339 e. The Morgan fingerprint density at radius 3 is 2.79 bits per heavy atom. The number of urea groups is 1. The van der Waals surface area contributed by atoms with Crippen molar-refractivity contribution in [3.8, 4) is 0 Å². The maximum Gasteiger partial charge on any atom is 0.314 e. The number of carbonyl (C=O) groups is 2. The van der Waals surface area contributed by atoms with Crippen molar-refractivity contribution < 1.29 is 18.4 Å². The number of hydrogen-bond acceptors (Lipinski definition) is 2. The van der Waals surface area contributed by atoms with E-state index in [4.69, 9.17) is 0 Å². The third-order valence-corrected chi connectivity index (χ3v) is 4.47. The van der Waals surface area contributed by atoms with E-state index >= 15 is 0 Å². The van der Waals surface area contributed by atoms with Crippen LogP contribution in [0.4, 0.5) is 13.6 Å². The van der Waals surface area contributed by atoms with Crippen LogP contribution >= 0.6 is 0 Å². The van der Waals surface area contributed by atoms with Gasteiger partial charge >= 0.3 is 6.03 Å². The summed E-state index contributed by atoms with van der Waals surface area (Å²) in [6, 6.07) is 3.33. The van der Waals surface area contributed by atoms with Gasteiger partial charge in [0.25, 0.3) is 0 Å². The SMILES string of the molecule is O=C(NCCc1cc(F)ccc1F)NCC1CC(=O)N(C2CC2)C1. The number of hydrogen-bond donors (Lipinski definition) is 2. The number of nitrogens with zero attached hydrogens (tertiary/aromatic N) is 1. The first-order chi connectivity index (χ1) is 11.5. The van der Waals surface area contributed by atoms with Crippen LogP contribution in [-0.4, -0.2) is 42.5 Å². The second-order valence-corrected chi connectivity index (χ2v) is 6.47. The molecule has 2 N–H and O–H groups in total. The molecule has 130 valence electrons. The minimum Gasteiger partial charge on any atom is -0.339 e. The maximum absolute atomic E-state index is 13.5. The van der Waals surface area contributed by atoms with E-state index in [1.807, 2.05) is 4.90 Å². The highest BCUT2D eigenvalue weighted by atomic mass is 19.1. The summed E-state index contributed by atoms with van der Waals surface area (Å²) >= 11 is 0. The Bertz CT molecular complexity index is 634. The summed E-state index contributed by atoms with van der Waals surface area (Å²) in [5, 5.41) is 5.36. The molecule has 1 atom stereocenters. The van der Waals surface area contributed by atoms with Crippen LogP contribution in [0.3, 0.4) is 0 Å². The summed E-state index contributed by atoms with van der Waals surface area (Å²) in [5.41, 5.74) is 0.233. The fourth-order valence-corrected chi connectivity index (χ4v) is 3.03. The number of benzene rings is 1. The summed E-state index contributed by atoms with van der Waals surface area (Å²) in [4.78, 5) is 25.5. The number of rotatable bonds is 6. The van der Waals surface area contributed by atoms with Crippen LogP contribution < -0.4 is 10.6 Å². The maximum atomic E-state index is 13.5.